The zero-order valence-electron chi connectivity index (χ0n) is 37.9. The lowest BCUT2D eigenvalue weighted by molar-refractivity contribution is -0.291. The number of unbranched alkanes of at least 4 members (excludes halogenated alkanes) is 2. The maximum atomic E-state index is 12.4. The molecule has 0 spiro atoms. The Labute approximate surface area is 400 Å². The van der Waals surface area contributed by atoms with Crippen LogP contribution in [-0.2, 0) is 63.0 Å². The van der Waals surface area contributed by atoms with Crippen LogP contribution < -0.4 is 9.80 Å². The van der Waals surface area contributed by atoms with Gasteiger partial charge in [-0.1, -0.05) is 94.2 Å². The van der Waals surface area contributed by atoms with Gasteiger partial charge >= 0.3 is 11.9 Å². The van der Waals surface area contributed by atoms with Crippen molar-refractivity contribution in [3.63, 3.8) is 0 Å². The third-order valence-electron chi connectivity index (χ3n) is 9.28. The van der Waals surface area contributed by atoms with Gasteiger partial charge in [-0.25, -0.2) is 29.2 Å². The number of benzene rings is 2. The molecule has 67 heavy (non-hydrogen) atoms. The molecule has 18 nitrogen and oxygen atoms in total. The van der Waals surface area contributed by atoms with Gasteiger partial charge in [0.1, 0.15) is 77.2 Å². The van der Waals surface area contributed by atoms with E-state index in [2.05, 4.69) is 53.1 Å². The molecule has 2 aromatic carbocycles. The van der Waals surface area contributed by atoms with Crippen molar-refractivity contribution in [3.8, 4) is 0 Å². The van der Waals surface area contributed by atoms with Gasteiger partial charge in [0, 0.05) is 36.0 Å². The first-order chi connectivity index (χ1) is 32.6. The van der Waals surface area contributed by atoms with E-state index in [9.17, 15) is 14.4 Å². The number of esters is 2. The number of hydrogen-bond acceptors (Lipinski definition) is 17. The van der Waals surface area contributed by atoms with Crippen LogP contribution in [0.1, 0.15) is 52.4 Å². The number of thioether (sulfide) groups is 2. The van der Waals surface area contributed by atoms with Crippen LogP contribution in [0.3, 0.4) is 0 Å². The molecular weight excluding hydrogens is 907 g/mol. The normalized spacial score (nSPS) is 14.0. The minimum absolute atomic E-state index is 0.0301. The molecule has 20 heteroatoms. The van der Waals surface area contributed by atoms with Crippen LogP contribution in [0.5, 0.6) is 0 Å². The van der Waals surface area contributed by atoms with Gasteiger partial charge in [0.2, 0.25) is 17.3 Å². The molecule has 4 rings (SSSR count). The lowest BCUT2D eigenvalue weighted by Crippen LogP contribution is -2.35. The van der Waals surface area contributed by atoms with Gasteiger partial charge in [0.15, 0.2) is 0 Å². The van der Waals surface area contributed by atoms with Gasteiger partial charge < -0.3 is 33.9 Å². The van der Waals surface area contributed by atoms with Crippen LogP contribution in [0.25, 0.3) is 9.69 Å². The van der Waals surface area contributed by atoms with Crippen molar-refractivity contribution < 1.29 is 63.0 Å². The topological polar surface area (TPSA) is 162 Å². The van der Waals surface area contributed by atoms with E-state index in [1.54, 1.807) is 0 Å². The molecule has 0 N–H and O–H groups in total. The van der Waals surface area contributed by atoms with E-state index in [4.69, 9.17) is 61.7 Å². The summed E-state index contributed by atoms with van der Waals surface area (Å²) < 4.78 is 10.3. The van der Waals surface area contributed by atoms with Crippen molar-refractivity contribution in [3.05, 3.63) is 130 Å². The molecule has 0 unspecified atom stereocenters. The van der Waals surface area contributed by atoms with Crippen LogP contribution in [0.4, 0.5) is 11.4 Å². The largest absolute Gasteiger partial charge is 0.463 e. The maximum Gasteiger partial charge on any atom is 0.313 e. The van der Waals surface area contributed by atoms with E-state index in [1.165, 1.54) is 28.4 Å². The summed E-state index contributed by atoms with van der Waals surface area (Å²) >= 11 is 3.05. The monoisotopic (exact) mass is 963 g/mol. The lowest BCUT2D eigenvalue weighted by atomic mass is 10.2. The molecule has 0 saturated heterocycles. The van der Waals surface area contributed by atoms with Gasteiger partial charge in [0.05, 0.1) is 34.6 Å². The second-order valence-electron chi connectivity index (χ2n) is 14.3. The molecule has 0 radical (unpaired) electrons. The highest BCUT2D eigenvalue weighted by Crippen LogP contribution is 2.48. The zero-order valence-corrected chi connectivity index (χ0v) is 39.5. The Kier molecular flexibility index (Phi) is 24.5. The summed E-state index contributed by atoms with van der Waals surface area (Å²) in [4.78, 5) is 93.3. The summed E-state index contributed by atoms with van der Waals surface area (Å²) in [5.74, 6) is -1.78. The average Bonchev–Trinajstić information content (AvgIpc) is 3.89. The SMILES string of the molecule is [C-]#[N+]/C(COOCCOC(=O)CC(=C)OOCCN(CCOOC(=C)CC(=O)OCCOOC/C([N+]#[C-])=C1\Sc2ccccc2N1CCCC)C(=O)C=C)=C1/Sc2ccccc2N1CCCC. The summed E-state index contributed by atoms with van der Waals surface area (Å²) in [6.45, 7) is 31.4. The Morgan fingerprint density at radius 3 is 1.48 bits per heavy atom. The minimum atomic E-state index is -0.650. The first-order valence-electron chi connectivity index (χ1n) is 21.6. The Balaban J connectivity index is 1.02. The van der Waals surface area contributed by atoms with E-state index in [-0.39, 0.29) is 90.3 Å². The Morgan fingerprint density at radius 1 is 0.642 bits per heavy atom. The van der Waals surface area contributed by atoms with Crippen molar-refractivity contribution in [2.45, 2.75) is 62.2 Å². The zero-order chi connectivity index (χ0) is 48.2. The summed E-state index contributed by atoms with van der Waals surface area (Å²) in [5.41, 5.74) is 2.95. The van der Waals surface area contributed by atoms with Crippen molar-refractivity contribution >= 4 is 52.7 Å². The molecular formula is C47H57N5O13S2. The summed E-state index contributed by atoms with van der Waals surface area (Å²) in [6.07, 6.45) is 4.48. The molecule has 2 aliphatic rings. The molecule has 2 heterocycles. The average molecular weight is 964 g/mol. The molecule has 2 aliphatic heterocycles. The number of amides is 1. The number of carbonyl (C=O) groups is 3. The number of carbonyl (C=O) groups excluding carboxylic acids is 3. The van der Waals surface area contributed by atoms with E-state index in [1.807, 2.05) is 48.5 Å². The third kappa shape index (κ3) is 18.1. The predicted molar refractivity (Wildman–Crippen MR) is 250 cm³/mol. The Hall–Kier alpha value is -5.81. The second-order valence-corrected chi connectivity index (χ2v) is 16.3. The van der Waals surface area contributed by atoms with Gasteiger partial charge in [0.25, 0.3) is 0 Å². The maximum absolute atomic E-state index is 12.4. The van der Waals surface area contributed by atoms with Crippen molar-refractivity contribution in [1.82, 2.24) is 4.90 Å². The lowest BCUT2D eigenvalue weighted by Gasteiger charge is -2.21. The van der Waals surface area contributed by atoms with Crippen LogP contribution in [0.2, 0.25) is 0 Å². The highest BCUT2D eigenvalue weighted by molar-refractivity contribution is 8.04. The summed E-state index contributed by atoms with van der Waals surface area (Å²) in [6, 6.07) is 16.0. The highest BCUT2D eigenvalue weighted by Gasteiger charge is 2.29. The summed E-state index contributed by atoms with van der Waals surface area (Å²) in [5, 5.41) is 1.63. The first kappa shape index (κ1) is 53.8. The van der Waals surface area contributed by atoms with Gasteiger partial charge in [-0.2, -0.15) is 9.78 Å². The van der Waals surface area contributed by atoms with E-state index in [0.29, 0.717) is 11.4 Å². The number of para-hydroxylation sites is 2. The fraction of sp³-hybridized carbons (Fsp3) is 0.426. The van der Waals surface area contributed by atoms with Gasteiger partial charge in [-0.3, -0.25) is 14.4 Å². The van der Waals surface area contributed by atoms with E-state index in [0.717, 1.165) is 76.1 Å². The van der Waals surface area contributed by atoms with Crippen molar-refractivity contribution in [2.24, 2.45) is 0 Å². The highest BCUT2D eigenvalue weighted by atomic mass is 32.2. The fourth-order valence-electron chi connectivity index (χ4n) is 6.04. The quantitative estimate of drug-likeness (QED) is 0.0127. The standard InChI is InChI=1S/C47H57N5O13S2/c1-8-11-21-51-39-17-13-15-19-41(39)66-46(51)37(48-6)33-62-58-29-27-56-44(54)31-35(4)64-60-25-23-50(43(53)10-3)24-26-61-65-36(5)32-45(55)57-28-30-59-63-34-38(49-7)47-52(22-12-9-2)40-18-14-16-20-42(40)67-47/h10,13-20H,3-5,8-9,11-12,21-34H2,1-2H3/b46-37+,47-38+. The van der Waals surface area contributed by atoms with Gasteiger partial charge in [-0.05, 0) is 43.2 Å². The smallest absolute Gasteiger partial charge is 0.313 e. The van der Waals surface area contributed by atoms with Crippen molar-refractivity contribution in [2.75, 3.05) is 88.8 Å². The number of hydrogen-bond donors (Lipinski definition) is 0. The number of fused-ring (bicyclic) bond motifs is 2. The van der Waals surface area contributed by atoms with E-state index < -0.39 is 17.8 Å². The summed E-state index contributed by atoms with van der Waals surface area (Å²) in [7, 11) is 0. The molecule has 1 amide bonds. The molecule has 0 aromatic heterocycles. The second kappa shape index (κ2) is 30.5. The van der Waals surface area contributed by atoms with Crippen LogP contribution >= 0.6 is 23.5 Å². The minimum Gasteiger partial charge on any atom is -0.463 e. The third-order valence-corrected chi connectivity index (χ3v) is 11.7. The first-order valence-corrected chi connectivity index (χ1v) is 23.2. The van der Waals surface area contributed by atoms with Gasteiger partial charge in [-0.15, -0.1) is 0 Å². The molecule has 0 bridgehead atoms. The Morgan fingerprint density at radius 2 is 1.07 bits per heavy atom. The molecule has 0 atom stereocenters. The van der Waals surface area contributed by atoms with Crippen LogP contribution in [0, 0.1) is 13.1 Å². The Bertz CT molecular complexity index is 2010. The molecule has 360 valence electrons. The number of rotatable bonds is 33. The number of nitrogens with zero attached hydrogens (tertiary/aromatic N) is 5. The predicted octanol–water partition coefficient (Wildman–Crippen LogP) is 8.69. The van der Waals surface area contributed by atoms with E-state index >= 15 is 0 Å². The fourth-order valence-corrected chi connectivity index (χ4v) is 8.36. The molecule has 0 aliphatic carbocycles. The van der Waals surface area contributed by atoms with Crippen molar-refractivity contribution in [1.29, 1.82) is 0 Å². The molecule has 0 saturated carbocycles. The van der Waals surface area contributed by atoms with Crippen LogP contribution in [-0.4, -0.2) is 102 Å². The molecule has 2 aromatic rings. The number of ether oxygens (including phenoxy) is 2. The molecule has 0 fully saturated rings. The van der Waals surface area contributed by atoms with Crippen LogP contribution in [0.15, 0.2) is 117 Å². The number of anilines is 2.